The average Bonchev–Trinajstić information content (AvgIpc) is 2.71. The monoisotopic (exact) mass is 204 g/mol. The fraction of sp³-hybridized carbons (Fsp3) is 0.615. The molecule has 1 N–H and O–H groups in total. The van der Waals surface area contributed by atoms with E-state index in [2.05, 4.69) is 36.3 Å². The molecule has 0 radical (unpaired) electrons. The topological polar surface area (TPSA) is 24.9 Å². The molecule has 1 aromatic heterocycles. The first-order chi connectivity index (χ1) is 7.10. The van der Waals surface area contributed by atoms with Crippen molar-refractivity contribution in [3.63, 3.8) is 0 Å². The SMILES string of the molecule is Cc1ccc(C(C)(C)C2CCNC2)cn1. The predicted octanol–water partition coefficient (Wildman–Crippen LogP) is 2.28. The van der Waals surface area contributed by atoms with Crippen molar-refractivity contribution in [2.24, 2.45) is 5.92 Å². The van der Waals surface area contributed by atoms with Crippen molar-refractivity contribution >= 4 is 0 Å². The minimum Gasteiger partial charge on any atom is -0.316 e. The lowest BCUT2D eigenvalue weighted by molar-refractivity contribution is 0.342. The molecule has 2 heterocycles. The number of aryl methyl sites for hydroxylation is 1. The standard InChI is InChI=1S/C13H20N2/c1-10-4-5-11(9-15-10)13(2,3)12-6-7-14-8-12/h4-5,9,12,14H,6-8H2,1-3H3. The van der Waals surface area contributed by atoms with Crippen molar-refractivity contribution in [2.45, 2.75) is 32.6 Å². The van der Waals surface area contributed by atoms with Crippen LogP contribution in [0.4, 0.5) is 0 Å². The summed E-state index contributed by atoms with van der Waals surface area (Å²) in [4.78, 5) is 4.40. The lowest BCUT2D eigenvalue weighted by Gasteiger charge is -2.31. The molecule has 1 aliphatic heterocycles. The van der Waals surface area contributed by atoms with Gasteiger partial charge in [-0.25, -0.2) is 0 Å². The van der Waals surface area contributed by atoms with Gasteiger partial charge in [0.1, 0.15) is 0 Å². The second-order valence-corrected chi connectivity index (χ2v) is 5.10. The third-order valence-corrected chi connectivity index (χ3v) is 3.74. The second-order valence-electron chi connectivity index (χ2n) is 5.10. The smallest absolute Gasteiger partial charge is 0.0372 e. The molecule has 0 aliphatic carbocycles. The Morgan fingerprint density at radius 2 is 2.20 bits per heavy atom. The van der Waals surface area contributed by atoms with Crippen LogP contribution < -0.4 is 5.32 Å². The molecule has 1 aliphatic rings. The summed E-state index contributed by atoms with van der Waals surface area (Å²) in [5.41, 5.74) is 2.70. The van der Waals surface area contributed by atoms with E-state index in [1.54, 1.807) is 0 Å². The van der Waals surface area contributed by atoms with E-state index in [-0.39, 0.29) is 5.41 Å². The van der Waals surface area contributed by atoms with Crippen LogP contribution in [-0.4, -0.2) is 18.1 Å². The van der Waals surface area contributed by atoms with Gasteiger partial charge in [-0.2, -0.15) is 0 Å². The van der Waals surface area contributed by atoms with Crippen molar-refractivity contribution in [1.29, 1.82) is 0 Å². The number of aromatic nitrogens is 1. The van der Waals surface area contributed by atoms with Gasteiger partial charge in [0.15, 0.2) is 0 Å². The van der Waals surface area contributed by atoms with Gasteiger partial charge in [-0.3, -0.25) is 4.98 Å². The first-order valence-corrected chi connectivity index (χ1v) is 5.74. The summed E-state index contributed by atoms with van der Waals surface area (Å²) >= 11 is 0. The van der Waals surface area contributed by atoms with Gasteiger partial charge in [-0.1, -0.05) is 19.9 Å². The quantitative estimate of drug-likeness (QED) is 0.799. The van der Waals surface area contributed by atoms with E-state index in [0.29, 0.717) is 0 Å². The number of nitrogens with zero attached hydrogens (tertiary/aromatic N) is 1. The van der Waals surface area contributed by atoms with Crippen LogP contribution in [0.5, 0.6) is 0 Å². The summed E-state index contributed by atoms with van der Waals surface area (Å²) < 4.78 is 0. The molecule has 0 bridgehead atoms. The molecule has 1 aromatic rings. The number of pyridine rings is 1. The van der Waals surface area contributed by atoms with Gasteiger partial charge in [-0.15, -0.1) is 0 Å². The van der Waals surface area contributed by atoms with Crippen LogP contribution in [0.1, 0.15) is 31.5 Å². The molecule has 2 heteroatoms. The molecule has 0 amide bonds. The summed E-state index contributed by atoms with van der Waals surface area (Å²) in [6.45, 7) is 9.00. The Morgan fingerprint density at radius 3 is 2.73 bits per heavy atom. The van der Waals surface area contributed by atoms with E-state index >= 15 is 0 Å². The summed E-state index contributed by atoms with van der Waals surface area (Å²) in [6.07, 6.45) is 3.31. The first-order valence-electron chi connectivity index (χ1n) is 5.74. The first kappa shape index (κ1) is 10.6. The second kappa shape index (κ2) is 3.93. The molecule has 1 fully saturated rings. The molecule has 1 saturated heterocycles. The van der Waals surface area contributed by atoms with Gasteiger partial charge in [0.2, 0.25) is 0 Å². The molecule has 82 valence electrons. The molecular weight excluding hydrogens is 184 g/mol. The van der Waals surface area contributed by atoms with Crippen LogP contribution >= 0.6 is 0 Å². The highest BCUT2D eigenvalue weighted by Crippen LogP contribution is 2.34. The highest BCUT2D eigenvalue weighted by molar-refractivity contribution is 5.23. The van der Waals surface area contributed by atoms with Crippen molar-refractivity contribution in [3.05, 3.63) is 29.6 Å². The molecule has 2 nitrogen and oxygen atoms in total. The van der Waals surface area contributed by atoms with Crippen LogP contribution in [-0.2, 0) is 5.41 Å². The maximum atomic E-state index is 4.40. The summed E-state index contributed by atoms with van der Waals surface area (Å²) in [5.74, 6) is 0.738. The molecule has 1 atom stereocenters. The van der Waals surface area contributed by atoms with E-state index in [0.717, 1.165) is 24.7 Å². The van der Waals surface area contributed by atoms with E-state index in [1.807, 2.05) is 13.1 Å². The molecule has 0 spiro atoms. The Labute approximate surface area is 92.1 Å². The fourth-order valence-electron chi connectivity index (χ4n) is 2.36. The molecule has 1 unspecified atom stereocenters. The Balaban J connectivity index is 2.23. The van der Waals surface area contributed by atoms with E-state index < -0.39 is 0 Å². The Morgan fingerprint density at radius 1 is 1.40 bits per heavy atom. The molecule has 0 saturated carbocycles. The van der Waals surface area contributed by atoms with Crippen molar-refractivity contribution in [3.8, 4) is 0 Å². The van der Waals surface area contributed by atoms with Gasteiger partial charge in [0.05, 0.1) is 0 Å². The van der Waals surface area contributed by atoms with Crippen LogP contribution in [0.2, 0.25) is 0 Å². The van der Waals surface area contributed by atoms with Gasteiger partial charge in [-0.05, 0) is 49.4 Å². The van der Waals surface area contributed by atoms with Crippen molar-refractivity contribution in [2.75, 3.05) is 13.1 Å². The largest absolute Gasteiger partial charge is 0.316 e. The van der Waals surface area contributed by atoms with Crippen LogP contribution in [0.3, 0.4) is 0 Å². The van der Waals surface area contributed by atoms with Crippen LogP contribution in [0.15, 0.2) is 18.3 Å². The van der Waals surface area contributed by atoms with Gasteiger partial charge < -0.3 is 5.32 Å². The highest BCUT2D eigenvalue weighted by atomic mass is 14.9. The minimum absolute atomic E-state index is 0.240. The van der Waals surface area contributed by atoms with Gasteiger partial charge in [0, 0.05) is 11.9 Å². The Kier molecular flexibility index (Phi) is 2.79. The highest BCUT2D eigenvalue weighted by Gasteiger charge is 2.33. The molecule has 15 heavy (non-hydrogen) atoms. The Hall–Kier alpha value is -0.890. The van der Waals surface area contributed by atoms with Crippen LogP contribution in [0, 0.1) is 12.8 Å². The normalized spacial score (nSPS) is 21.9. The Bertz CT molecular complexity index is 321. The predicted molar refractivity (Wildman–Crippen MR) is 63.0 cm³/mol. The zero-order valence-corrected chi connectivity index (χ0v) is 9.88. The summed E-state index contributed by atoms with van der Waals surface area (Å²) in [5, 5.41) is 3.44. The molecule has 2 rings (SSSR count). The van der Waals surface area contributed by atoms with Crippen molar-refractivity contribution < 1.29 is 0 Å². The summed E-state index contributed by atoms with van der Waals surface area (Å²) in [7, 11) is 0. The van der Waals surface area contributed by atoms with Crippen LogP contribution in [0.25, 0.3) is 0 Å². The maximum absolute atomic E-state index is 4.40. The lowest BCUT2D eigenvalue weighted by Crippen LogP contribution is -2.30. The number of hydrogen-bond donors (Lipinski definition) is 1. The zero-order valence-electron chi connectivity index (χ0n) is 9.88. The van der Waals surface area contributed by atoms with Gasteiger partial charge in [0.25, 0.3) is 0 Å². The molecule has 0 aromatic carbocycles. The third kappa shape index (κ3) is 2.05. The maximum Gasteiger partial charge on any atom is 0.0372 e. The van der Waals surface area contributed by atoms with Gasteiger partial charge >= 0.3 is 0 Å². The minimum atomic E-state index is 0.240. The number of rotatable bonds is 2. The lowest BCUT2D eigenvalue weighted by atomic mass is 9.73. The molecular formula is C13H20N2. The van der Waals surface area contributed by atoms with E-state index in [4.69, 9.17) is 0 Å². The zero-order chi connectivity index (χ0) is 10.9. The van der Waals surface area contributed by atoms with E-state index in [9.17, 15) is 0 Å². The van der Waals surface area contributed by atoms with E-state index in [1.165, 1.54) is 12.0 Å². The summed E-state index contributed by atoms with van der Waals surface area (Å²) in [6, 6.07) is 4.33. The fourth-order valence-corrected chi connectivity index (χ4v) is 2.36. The van der Waals surface area contributed by atoms with Crippen molar-refractivity contribution in [1.82, 2.24) is 10.3 Å². The average molecular weight is 204 g/mol. The number of nitrogens with one attached hydrogen (secondary N) is 1. The number of hydrogen-bond acceptors (Lipinski definition) is 2. The third-order valence-electron chi connectivity index (χ3n) is 3.74.